The molecule has 4 heteroatoms. The molecular weight excluding hydrogens is 194 g/mol. The van der Waals surface area contributed by atoms with E-state index in [1.54, 1.807) is 18.0 Å². The fourth-order valence-corrected chi connectivity index (χ4v) is 1.84. The highest BCUT2D eigenvalue weighted by Crippen LogP contribution is 2.30. The van der Waals surface area contributed by atoms with Crippen molar-refractivity contribution in [3.63, 3.8) is 0 Å². The van der Waals surface area contributed by atoms with E-state index in [9.17, 15) is 0 Å². The average Bonchev–Trinajstić information content (AvgIpc) is 2.02. The van der Waals surface area contributed by atoms with E-state index in [1.165, 1.54) is 0 Å². The molecule has 1 N–H and O–H groups in total. The number of hydrogen-bond donors (Lipinski definition) is 1. The molecule has 1 heterocycles. The fourth-order valence-electron chi connectivity index (χ4n) is 0.956. The van der Waals surface area contributed by atoms with Gasteiger partial charge in [0.05, 0.1) is 0 Å². The third-order valence-electron chi connectivity index (χ3n) is 1.38. The van der Waals surface area contributed by atoms with Crippen LogP contribution in [-0.4, -0.2) is 21.3 Å². The number of nitrogens with one attached hydrogen (secondary N) is 1. The molecule has 0 aliphatic rings. The summed E-state index contributed by atoms with van der Waals surface area (Å²) in [5.74, 6) is 0.710. The largest absolute Gasteiger partial charge is 0.354 e. The van der Waals surface area contributed by atoms with Crippen LogP contribution >= 0.6 is 11.8 Å². The zero-order chi connectivity index (χ0) is 10.6. The molecule has 0 radical (unpaired) electrons. The molecule has 78 valence electrons. The standard InChI is InChI=1S/C10H17N3S/c1-5-11-9-12-7-6-8(13-9)14-10(2,3)4/h6-7H,5H2,1-4H3,(H,11,12,13). The van der Waals surface area contributed by atoms with Gasteiger partial charge in [-0.2, -0.15) is 0 Å². The Morgan fingerprint density at radius 3 is 2.71 bits per heavy atom. The SMILES string of the molecule is CCNc1nccc(SC(C)(C)C)n1. The molecule has 0 saturated carbocycles. The molecule has 14 heavy (non-hydrogen) atoms. The highest BCUT2D eigenvalue weighted by Gasteiger charge is 2.13. The lowest BCUT2D eigenvalue weighted by molar-refractivity contribution is 0.798. The highest BCUT2D eigenvalue weighted by molar-refractivity contribution is 8.00. The van der Waals surface area contributed by atoms with Gasteiger partial charge in [0.1, 0.15) is 5.03 Å². The van der Waals surface area contributed by atoms with Crippen LogP contribution in [0.3, 0.4) is 0 Å². The molecule has 1 rings (SSSR count). The molecule has 0 aromatic carbocycles. The van der Waals surface area contributed by atoms with Crippen LogP contribution in [0.1, 0.15) is 27.7 Å². The molecule has 1 aromatic rings. The van der Waals surface area contributed by atoms with Crippen molar-refractivity contribution in [1.82, 2.24) is 9.97 Å². The summed E-state index contributed by atoms with van der Waals surface area (Å²) in [6, 6.07) is 1.94. The zero-order valence-corrected chi connectivity index (χ0v) is 9.98. The molecule has 0 aliphatic heterocycles. The van der Waals surface area contributed by atoms with Crippen LogP contribution in [0.4, 0.5) is 5.95 Å². The minimum absolute atomic E-state index is 0.192. The smallest absolute Gasteiger partial charge is 0.223 e. The molecule has 3 nitrogen and oxygen atoms in total. The van der Waals surface area contributed by atoms with Gasteiger partial charge in [-0.15, -0.1) is 11.8 Å². The van der Waals surface area contributed by atoms with Crippen LogP contribution < -0.4 is 5.32 Å². The summed E-state index contributed by atoms with van der Waals surface area (Å²) >= 11 is 1.75. The first-order valence-corrected chi connectivity index (χ1v) is 5.59. The molecule has 0 unspecified atom stereocenters. The predicted molar refractivity (Wildman–Crippen MR) is 61.8 cm³/mol. The van der Waals surface area contributed by atoms with Crippen molar-refractivity contribution in [2.24, 2.45) is 0 Å². The third-order valence-corrected chi connectivity index (χ3v) is 2.42. The molecule has 0 spiro atoms. The lowest BCUT2D eigenvalue weighted by Gasteiger charge is -2.16. The minimum atomic E-state index is 0.192. The average molecular weight is 211 g/mol. The second-order valence-electron chi connectivity index (χ2n) is 3.96. The van der Waals surface area contributed by atoms with Gasteiger partial charge >= 0.3 is 0 Å². The maximum atomic E-state index is 4.39. The number of nitrogens with zero attached hydrogens (tertiary/aromatic N) is 2. The molecule has 0 atom stereocenters. The maximum Gasteiger partial charge on any atom is 0.223 e. The van der Waals surface area contributed by atoms with Gasteiger partial charge in [-0.05, 0) is 13.0 Å². The Morgan fingerprint density at radius 2 is 2.14 bits per heavy atom. The molecule has 0 fully saturated rings. The molecule has 0 bridgehead atoms. The minimum Gasteiger partial charge on any atom is -0.354 e. The second kappa shape index (κ2) is 4.64. The summed E-state index contributed by atoms with van der Waals surface area (Å²) in [6.07, 6.45) is 1.79. The van der Waals surface area contributed by atoms with E-state index in [1.807, 2.05) is 13.0 Å². The van der Waals surface area contributed by atoms with E-state index in [-0.39, 0.29) is 4.75 Å². The summed E-state index contributed by atoms with van der Waals surface area (Å²) in [6.45, 7) is 9.41. The molecular formula is C10H17N3S. The van der Waals surface area contributed by atoms with E-state index >= 15 is 0 Å². The fraction of sp³-hybridized carbons (Fsp3) is 0.600. The Kier molecular flexibility index (Phi) is 3.75. The van der Waals surface area contributed by atoms with Crippen molar-refractivity contribution in [3.8, 4) is 0 Å². The van der Waals surface area contributed by atoms with Gasteiger partial charge in [0.25, 0.3) is 0 Å². The van der Waals surface area contributed by atoms with Crippen LogP contribution in [-0.2, 0) is 0 Å². The van der Waals surface area contributed by atoms with E-state index < -0.39 is 0 Å². The van der Waals surface area contributed by atoms with Gasteiger partial charge in [-0.25, -0.2) is 9.97 Å². The van der Waals surface area contributed by atoms with E-state index in [0.29, 0.717) is 5.95 Å². The van der Waals surface area contributed by atoms with E-state index in [0.717, 1.165) is 11.6 Å². The maximum absolute atomic E-state index is 4.39. The highest BCUT2D eigenvalue weighted by atomic mass is 32.2. The van der Waals surface area contributed by atoms with Crippen molar-refractivity contribution >= 4 is 17.7 Å². The van der Waals surface area contributed by atoms with Crippen LogP contribution in [0, 0.1) is 0 Å². The first-order chi connectivity index (χ1) is 6.51. The third kappa shape index (κ3) is 3.96. The van der Waals surface area contributed by atoms with Crippen LogP contribution in [0.15, 0.2) is 17.3 Å². The summed E-state index contributed by atoms with van der Waals surface area (Å²) in [4.78, 5) is 8.51. The molecule has 0 aliphatic carbocycles. The zero-order valence-electron chi connectivity index (χ0n) is 9.16. The summed E-state index contributed by atoms with van der Waals surface area (Å²) < 4.78 is 0.192. The van der Waals surface area contributed by atoms with Gasteiger partial charge < -0.3 is 5.32 Å². The number of thioether (sulfide) groups is 1. The Bertz CT molecular complexity index is 294. The number of anilines is 1. The van der Waals surface area contributed by atoms with Gasteiger partial charge in [0.2, 0.25) is 5.95 Å². The summed E-state index contributed by atoms with van der Waals surface area (Å²) in [5.41, 5.74) is 0. The Morgan fingerprint density at radius 1 is 1.43 bits per heavy atom. The van der Waals surface area contributed by atoms with Crippen molar-refractivity contribution < 1.29 is 0 Å². The van der Waals surface area contributed by atoms with Gasteiger partial charge in [0.15, 0.2) is 0 Å². The monoisotopic (exact) mass is 211 g/mol. The normalized spacial score (nSPS) is 11.4. The second-order valence-corrected chi connectivity index (χ2v) is 5.81. The van der Waals surface area contributed by atoms with Crippen molar-refractivity contribution in [1.29, 1.82) is 0 Å². The molecule has 1 aromatic heterocycles. The van der Waals surface area contributed by atoms with Crippen LogP contribution in [0.5, 0.6) is 0 Å². The lowest BCUT2D eigenvalue weighted by Crippen LogP contribution is -2.08. The Hall–Kier alpha value is -0.770. The van der Waals surface area contributed by atoms with Gasteiger partial charge in [-0.1, -0.05) is 20.8 Å². The Labute approximate surface area is 89.7 Å². The van der Waals surface area contributed by atoms with Gasteiger partial charge in [-0.3, -0.25) is 0 Å². The van der Waals surface area contributed by atoms with E-state index in [4.69, 9.17) is 0 Å². The van der Waals surface area contributed by atoms with E-state index in [2.05, 4.69) is 36.1 Å². The number of hydrogen-bond acceptors (Lipinski definition) is 4. The molecule has 0 saturated heterocycles. The lowest BCUT2D eigenvalue weighted by atomic mass is 10.3. The van der Waals surface area contributed by atoms with Crippen LogP contribution in [0.25, 0.3) is 0 Å². The molecule has 0 amide bonds. The number of aromatic nitrogens is 2. The predicted octanol–water partition coefficient (Wildman–Crippen LogP) is 2.80. The van der Waals surface area contributed by atoms with Crippen LogP contribution in [0.2, 0.25) is 0 Å². The first-order valence-electron chi connectivity index (χ1n) is 4.77. The number of rotatable bonds is 3. The Balaban J connectivity index is 2.73. The van der Waals surface area contributed by atoms with Crippen molar-refractivity contribution in [2.75, 3.05) is 11.9 Å². The van der Waals surface area contributed by atoms with Crippen molar-refractivity contribution in [3.05, 3.63) is 12.3 Å². The quantitative estimate of drug-likeness (QED) is 0.616. The van der Waals surface area contributed by atoms with Crippen molar-refractivity contribution in [2.45, 2.75) is 37.5 Å². The van der Waals surface area contributed by atoms with Gasteiger partial charge in [0, 0.05) is 17.5 Å². The first kappa shape index (κ1) is 11.3. The topological polar surface area (TPSA) is 37.8 Å². The summed E-state index contributed by atoms with van der Waals surface area (Å²) in [5, 5.41) is 4.12. The summed E-state index contributed by atoms with van der Waals surface area (Å²) in [7, 11) is 0.